The topological polar surface area (TPSA) is 20.6 Å². The van der Waals surface area contributed by atoms with Crippen molar-refractivity contribution in [3.63, 3.8) is 0 Å². The van der Waals surface area contributed by atoms with Crippen LogP contribution >= 0.6 is 0 Å². The Morgan fingerprint density at radius 3 is 2.31 bits per heavy atom. The average molecular weight is 226 g/mol. The van der Waals surface area contributed by atoms with Crippen LogP contribution in [0.3, 0.4) is 0 Å². The zero-order valence-electron chi connectivity index (χ0n) is 11.3. The Balaban J connectivity index is 2.27. The Morgan fingerprint density at radius 2 is 1.75 bits per heavy atom. The predicted molar refractivity (Wildman–Crippen MR) is 69.9 cm³/mol. The minimum Gasteiger partial charge on any atom is -0.309 e. The standard InChI is InChI=1S/C13H28N3/c1-4-10-16(12-5-11-15(2)3)13-6-8-14-9-7-13/h13H,4-12H2,1-3H3. The summed E-state index contributed by atoms with van der Waals surface area (Å²) in [6.45, 7) is 8.18. The lowest BCUT2D eigenvalue weighted by atomic mass is 10.0. The summed E-state index contributed by atoms with van der Waals surface area (Å²) in [6, 6.07) is 0.805. The Hall–Kier alpha value is -0.120. The Morgan fingerprint density at radius 1 is 1.06 bits per heavy atom. The number of nitrogens with zero attached hydrogens (tertiary/aromatic N) is 3. The molecule has 0 atom stereocenters. The van der Waals surface area contributed by atoms with Gasteiger partial charge in [0, 0.05) is 19.1 Å². The van der Waals surface area contributed by atoms with Crippen LogP contribution in [0.1, 0.15) is 32.6 Å². The van der Waals surface area contributed by atoms with Gasteiger partial charge in [-0.1, -0.05) is 6.92 Å². The number of hydrogen-bond acceptors (Lipinski definition) is 2. The molecule has 1 radical (unpaired) electrons. The van der Waals surface area contributed by atoms with Crippen LogP contribution < -0.4 is 5.32 Å². The minimum absolute atomic E-state index is 0.805. The molecule has 0 aromatic heterocycles. The maximum atomic E-state index is 4.44. The van der Waals surface area contributed by atoms with E-state index in [1.807, 2.05) is 0 Å². The molecule has 0 saturated carbocycles. The van der Waals surface area contributed by atoms with Crippen LogP contribution in [0.15, 0.2) is 0 Å². The van der Waals surface area contributed by atoms with Crippen LogP contribution in [0.5, 0.6) is 0 Å². The first-order chi connectivity index (χ1) is 7.74. The first-order valence-electron chi connectivity index (χ1n) is 6.76. The zero-order chi connectivity index (χ0) is 11.8. The quantitative estimate of drug-likeness (QED) is 0.654. The lowest BCUT2D eigenvalue weighted by molar-refractivity contribution is 0.155. The summed E-state index contributed by atoms with van der Waals surface area (Å²) in [5.41, 5.74) is 0. The largest absolute Gasteiger partial charge is 0.309 e. The highest BCUT2D eigenvalue weighted by Crippen LogP contribution is 2.13. The molecule has 1 heterocycles. The third kappa shape index (κ3) is 5.28. The first kappa shape index (κ1) is 13.9. The van der Waals surface area contributed by atoms with Gasteiger partial charge < -0.3 is 9.80 Å². The van der Waals surface area contributed by atoms with E-state index >= 15 is 0 Å². The third-order valence-electron chi connectivity index (χ3n) is 3.32. The molecule has 0 N–H and O–H groups in total. The second-order valence-corrected chi connectivity index (χ2v) is 5.09. The summed E-state index contributed by atoms with van der Waals surface area (Å²) < 4.78 is 0. The van der Waals surface area contributed by atoms with Gasteiger partial charge in [0.25, 0.3) is 0 Å². The minimum atomic E-state index is 0.805. The molecule has 1 aliphatic heterocycles. The molecule has 0 amide bonds. The lowest BCUT2D eigenvalue weighted by Gasteiger charge is -2.34. The Kier molecular flexibility index (Phi) is 7.01. The zero-order valence-corrected chi connectivity index (χ0v) is 11.3. The molecular weight excluding hydrogens is 198 g/mol. The molecular formula is C13H28N3. The molecule has 0 aliphatic carbocycles. The molecule has 3 nitrogen and oxygen atoms in total. The van der Waals surface area contributed by atoms with Crippen LogP contribution in [-0.2, 0) is 0 Å². The van der Waals surface area contributed by atoms with Crippen molar-refractivity contribution in [2.75, 3.05) is 46.8 Å². The summed E-state index contributed by atoms with van der Waals surface area (Å²) in [4.78, 5) is 4.97. The van der Waals surface area contributed by atoms with E-state index in [9.17, 15) is 0 Å². The lowest BCUT2D eigenvalue weighted by Crippen LogP contribution is -2.42. The number of rotatable bonds is 7. The van der Waals surface area contributed by atoms with Gasteiger partial charge in [0.1, 0.15) is 0 Å². The van der Waals surface area contributed by atoms with E-state index in [0.29, 0.717) is 0 Å². The predicted octanol–water partition coefficient (Wildman–Crippen LogP) is 1.42. The summed E-state index contributed by atoms with van der Waals surface area (Å²) in [5.74, 6) is 0. The normalized spacial score (nSPS) is 18.6. The molecule has 95 valence electrons. The monoisotopic (exact) mass is 226 g/mol. The highest BCUT2D eigenvalue weighted by molar-refractivity contribution is 4.77. The molecule has 1 rings (SSSR count). The van der Waals surface area contributed by atoms with E-state index in [2.05, 4.69) is 36.1 Å². The molecule has 3 heteroatoms. The van der Waals surface area contributed by atoms with E-state index in [0.717, 1.165) is 19.1 Å². The van der Waals surface area contributed by atoms with Gasteiger partial charge in [-0.05, 0) is 59.4 Å². The van der Waals surface area contributed by atoms with Crippen molar-refractivity contribution in [1.29, 1.82) is 0 Å². The molecule has 0 unspecified atom stereocenters. The van der Waals surface area contributed by atoms with Gasteiger partial charge in [-0.15, -0.1) is 0 Å². The molecule has 0 aromatic rings. The fourth-order valence-electron chi connectivity index (χ4n) is 2.46. The molecule has 1 aliphatic rings. The van der Waals surface area contributed by atoms with E-state index in [-0.39, 0.29) is 0 Å². The Bertz CT molecular complexity index is 165. The second-order valence-electron chi connectivity index (χ2n) is 5.09. The average Bonchev–Trinajstić information content (AvgIpc) is 2.29. The van der Waals surface area contributed by atoms with Crippen LogP contribution in [-0.4, -0.2) is 62.7 Å². The fraction of sp³-hybridized carbons (Fsp3) is 1.00. The van der Waals surface area contributed by atoms with Crippen molar-refractivity contribution in [2.45, 2.75) is 38.6 Å². The molecule has 0 bridgehead atoms. The van der Waals surface area contributed by atoms with E-state index in [1.54, 1.807) is 0 Å². The highest BCUT2D eigenvalue weighted by atomic mass is 15.2. The van der Waals surface area contributed by atoms with Gasteiger partial charge in [0.2, 0.25) is 0 Å². The van der Waals surface area contributed by atoms with Crippen molar-refractivity contribution >= 4 is 0 Å². The molecule has 0 spiro atoms. The van der Waals surface area contributed by atoms with Gasteiger partial charge in [0.15, 0.2) is 0 Å². The first-order valence-corrected chi connectivity index (χ1v) is 6.76. The van der Waals surface area contributed by atoms with Crippen LogP contribution in [0.2, 0.25) is 0 Å². The SMILES string of the molecule is CCCN(CCCN(C)C)C1CC[N]CC1. The molecule has 0 aromatic carbocycles. The van der Waals surface area contributed by atoms with Crippen LogP contribution in [0, 0.1) is 0 Å². The fourth-order valence-corrected chi connectivity index (χ4v) is 2.46. The summed E-state index contributed by atoms with van der Waals surface area (Å²) in [5, 5.41) is 4.44. The van der Waals surface area contributed by atoms with Crippen molar-refractivity contribution < 1.29 is 0 Å². The summed E-state index contributed by atoms with van der Waals surface area (Å²) >= 11 is 0. The molecule has 16 heavy (non-hydrogen) atoms. The molecule has 1 fully saturated rings. The van der Waals surface area contributed by atoms with Gasteiger partial charge in [-0.3, -0.25) is 0 Å². The van der Waals surface area contributed by atoms with Crippen LogP contribution in [0.25, 0.3) is 0 Å². The van der Waals surface area contributed by atoms with E-state index < -0.39 is 0 Å². The van der Waals surface area contributed by atoms with Crippen molar-refractivity contribution in [1.82, 2.24) is 15.1 Å². The smallest absolute Gasteiger partial charge is 0.0148 e. The van der Waals surface area contributed by atoms with E-state index in [4.69, 9.17) is 0 Å². The van der Waals surface area contributed by atoms with E-state index in [1.165, 1.54) is 45.3 Å². The summed E-state index contributed by atoms with van der Waals surface area (Å²) in [7, 11) is 4.31. The number of piperidine rings is 1. The van der Waals surface area contributed by atoms with Crippen molar-refractivity contribution in [3.05, 3.63) is 0 Å². The maximum Gasteiger partial charge on any atom is 0.0148 e. The van der Waals surface area contributed by atoms with Gasteiger partial charge in [0.05, 0.1) is 0 Å². The highest BCUT2D eigenvalue weighted by Gasteiger charge is 2.20. The third-order valence-corrected chi connectivity index (χ3v) is 3.32. The maximum absolute atomic E-state index is 4.44. The van der Waals surface area contributed by atoms with Crippen molar-refractivity contribution in [2.24, 2.45) is 0 Å². The summed E-state index contributed by atoms with van der Waals surface area (Å²) in [6.07, 6.45) is 5.13. The molecule has 1 saturated heterocycles. The van der Waals surface area contributed by atoms with Crippen molar-refractivity contribution in [3.8, 4) is 0 Å². The number of hydrogen-bond donors (Lipinski definition) is 0. The van der Waals surface area contributed by atoms with Crippen LogP contribution in [0.4, 0.5) is 0 Å². The Labute approximate surface area is 101 Å². The van der Waals surface area contributed by atoms with Gasteiger partial charge in [-0.25, -0.2) is 5.32 Å². The van der Waals surface area contributed by atoms with Gasteiger partial charge in [-0.2, -0.15) is 0 Å². The second kappa shape index (κ2) is 8.04. The van der Waals surface area contributed by atoms with Gasteiger partial charge >= 0.3 is 0 Å².